The first kappa shape index (κ1) is 18.3. The monoisotopic (exact) mass is 405 g/mol. The second kappa shape index (κ2) is 8.23. The van der Waals surface area contributed by atoms with Crippen molar-refractivity contribution in [1.29, 1.82) is 0 Å². The van der Waals surface area contributed by atoms with Gasteiger partial charge >= 0.3 is 0 Å². The maximum atomic E-state index is 12.2. The SMILES string of the molecule is O=C(NC(=S)NNc1ccccc1)c1ccc(-c2ccc(Cl)cc2Cl)o1. The van der Waals surface area contributed by atoms with E-state index in [1.807, 2.05) is 30.3 Å². The highest BCUT2D eigenvalue weighted by molar-refractivity contribution is 7.80. The number of rotatable bonds is 4. The van der Waals surface area contributed by atoms with Crippen LogP contribution in [0, 0.1) is 0 Å². The minimum absolute atomic E-state index is 0.106. The Kier molecular flexibility index (Phi) is 5.78. The predicted molar refractivity (Wildman–Crippen MR) is 107 cm³/mol. The van der Waals surface area contributed by atoms with Gasteiger partial charge in [0, 0.05) is 10.6 Å². The molecule has 0 aliphatic carbocycles. The summed E-state index contributed by atoms with van der Waals surface area (Å²) in [6.07, 6.45) is 0. The van der Waals surface area contributed by atoms with Crippen LogP contribution in [0.5, 0.6) is 0 Å². The molecule has 0 fully saturated rings. The number of carbonyl (C=O) groups is 1. The maximum absolute atomic E-state index is 12.2. The Hall–Kier alpha value is -2.54. The summed E-state index contributed by atoms with van der Waals surface area (Å²) in [6, 6.07) is 17.6. The molecule has 0 radical (unpaired) electrons. The summed E-state index contributed by atoms with van der Waals surface area (Å²) < 4.78 is 5.57. The van der Waals surface area contributed by atoms with Gasteiger partial charge in [-0.2, -0.15) is 0 Å². The molecule has 26 heavy (non-hydrogen) atoms. The molecule has 0 spiro atoms. The van der Waals surface area contributed by atoms with Gasteiger partial charge in [-0.05, 0) is 54.7 Å². The number of hydrogen-bond acceptors (Lipinski definition) is 4. The number of furan rings is 1. The second-order valence-corrected chi connectivity index (χ2v) is 6.44. The molecule has 0 unspecified atom stereocenters. The van der Waals surface area contributed by atoms with Gasteiger partial charge < -0.3 is 4.42 Å². The van der Waals surface area contributed by atoms with Crippen LogP contribution in [0.3, 0.4) is 0 Å². The molecule has 1 amide bonds. The van der Waals surface area contributed by atoms with Crippen LogP contribution < -0.4 is 16.2 Å². The highest BCUT2D eigenvalue weighted by Gasteiger charge is 2.15. The summed E-state index contributed by atoms with van der Waals surface area (Å²) in [5.74, 6) is 0.0849. The highest BCUT2D eigenvalue weighted by atomic mass is 35.5. The van der Waals surface area contributed by atoms with Gasteiger partial charge in [0.25, 0.3) is 5.91 Å². The zero-order chi connectivity index (χ0) is 18.5. The molecule has 0 bridgehead atoms. The van der Waals surface area contributed by atoms with Crippen molar-refractivity contribution < 1.29 is 9.21 Å². The molecule has 3 N–H and O–H groups in total. The van der Waals surface area contributed by atoms with Gasteiger partial charge in [0.05, 0.1) is 10.7 Å². The predicted octanol–water partition coefficient (Wildman–Crippen LogP) is 4.88. The number of anilines is 1. The van der Waals surface area contributed by atoms with Crippen molar-refractivity contribution in [1.82, 2.24) is 10.7 Å². The molecule has 3 rings (SSSR count). The van der Waals surface area contributed by atoms with Crippen molar-refractivity contribution in [3.8, 4) is 11.3 Å². The number of para-hydroxylation sites is 1. The molecule has 0 aliphatic heterocycles. The van der Waals surface area contributed by atoms with Crippen molar-refractivity contribution in [2.75, 3.05) is 5.43 Å². The first-order valence-electron chi connectivity index (χ1n) is 7.50. The van der Waals surface area contributed by atoms with E-state index in [-0.39, 0.29) is 10.9 Å². The number of carbonyl (C=O) groups excluding carboxylic acids is 1. The fraction of sp³-hybridized carbons (Fsp3) is 0. The van der Waals surface area contributed by atoms with E-state index in [0.717, 1.165) is 5.69 Å². The molecule has 0 atom stereocenters. The van der Waals surface area contributed by atoms with Crippen LogP contribution >= 0.6 is 35.4 Å². The summed E-state index contributed by atoms with van der Waals surface area (Å²) in [5.41, 5.74) is 7.05. The Labute approximate surface area is 165 Å². The lowest BCUT2D eigenvalue weighted by atomic mass is 10.2. The van der Waals surface area contributed by atoms with Crippen LogP contribution in [0.25, 0.3) is 11.3 Å². The Balaban J connectivity index is 1.62. The van der Waals surface area contributed by atoms with Crippen LogP contribution in [0.4, 0.5) is 5.69 Å². The van der Waals surface area contributed by atoms with Gasteiger partial charge in [0.15, 0.2) is 10.9 Å². The third kappa shape index (κ3) is 4.54. The number of nitrogens with one attached hydrogen (secondary N) is 3. The van der Waals surface area contributed by atoms with Crippen molar-refractivity contribution in [2.24, 2.45) is 0 Å². The first-order valence-corrected chi connectivity index (χ1v) is 8.67. The van der Waals surface area contributed by atoms with Crippen molar-refractivity contribution in [3.05, 3.63) is 76.5 Å². The molecule has 0 saturated carbocycles. The van der Waals surface area contributed by atoms with Crippen molar-refractivity contribution in [3.63, 3.8) is 0 Å². The Morgan fingerprint density at radius 3 is 2.50 bits per heavy atom. The summed E-state index contributed by atoms with van der Waals surface area (Å²) >= 11 is 17.1. The van der Waals surface area contributed by atoms with Gasteiger partial charge in [-0.15, -0.1) is 0 Å². The largest absolute Gasteiger partial charge is 0.451 e. The normalized spacial score (nSPS) is 10.2. The topological polar surface area (TPSA) is 66.3 Å². The van der Waals surface area contributed by atoms with E-state index in [1.165, 1.54) is 0 Å². The average molecular weight is 406 g/mol. The molecular weight excluding hydrogens is 393 g/mol. The molecule has 132 valence electrons. The second-order valence-electron chi connectivity index (χ2n) is 5.19. The van der Waals surface area contributed by atoms with Gasteiger partial charge in [-0.3, -0.25) is 21.0 Å². The zero-order valence-corrected chi connectivity index (χ0v) is 15.6. The number of thiocarbonyl (C=S) groups is 1. The Morgan fingerprint density at radius 1 is 1.00 bits per heavy atom. The molecular formula is C18H13Cl2N3O2S. The Bertz CT molecular complexity index is 945. The molecule has 5 nitrogen and oxygen atoms in total. The van der Waals surface area contributed by atoms with E-state index in [2.05, 4.69) is 16.2 Å². The van der Waals surface area contributed by atoms with E-state index in [1.54, 1.807) is 30.3 Å². The average Bonchev–Trinajstić information content (AvgIpc) is 3.11. The maximum Gasteiger partial charge on any atom is 0.293 e. The van der Waals surface area contributed by atoms with Gasteiger partial charge in [-0.25, -0.2) is 0 Å². The lowest BCUT2D eigenvalue weighted by Gasteiger charge is -2.10. The summed E-state index contributed by atoms with van der Waals surface area (Å²) in [7, 11) is 0. The summed E-state index contributed by atoms with van der Waals surface area (Å²) in [6.45, 7) is 0. The van der Waals surface area contributed by atoms with E-state index in [4.69, 9.17) is 39.8 Å². The van der Waals surface area contributed by atoms with Crippen molar-refractivity contribution in [2.45, 2.75) is 0 Å². The van der Waals surface area contributed by atoms with E-state index >= 15 is 0 Å². The third-order valence-corrected chi connectivity index (χ3v) is 4.10. The fourth-order valence-electron chi connectivity index (χ4n) is 2.14. The van der Waals surface area contributed by atoms with Crippen LogP contribution in [0.1, 0.15) is 10.6 Å². The minimum atomic E-state index is -0.478. The number of hydrogen-bond donors (Lipinski definition) is 3. The highest BCUT2D eigenvalue weighted by Crippen LogP contribution is 2.31. The fourth-order valence-corrected chi connectivity index (χ4v) is 2.79. The van der Waals surface area contributed by atoms with Gasteiger partial charge in [0.1, 0.15) is 5.76 Å². The number of amides is 1. The number of halogens is 2. The number of hydrazine groups is 1. The molecule has 1 heterocycles. The quantitative estimate of drug-likeness (QED) is 0.426. The van der Waals surface area contributed by atoms with Crippen LogP contribution in [0.15, 0.2) is 65.1 Å². The van der Waals surface area contributed by atoms with E-state index in [9.17, 15) is 4.79 Å². The zero-order valence-electron chi connectivity index (χ0n) is 13.3. The minimum Gasteiger partial charge on any atom is -0.451 e. The molecule has 8 heteroatoms. The van der Waals surface area contributed by atoms with Gasteiger partial charge in [-0.1, -0.05) is 41.4 Å². The molecule has 2 aromatic carbocycles. The molecule has 1 aromatic heterocycles. The third-order valence-electron chi connectivity index (χ3n) is 3.35. The standard InChI is InChI=1S/C18H13Cl2N3O2S/c19-11-6-7-13(14(20)10-11)15-8-9-16(25-15)17(24)21-18(26)23-22-12-4-2-1-3-5-12/h1-10,22H,(H2,21,23,24,26). The summed E-state index contributed by atoms with van der Waals surface area (Å²) in [5, 5.41) is 3.59. The lowest BCUT2D eigenvalue weighted by molar-refractivity contribution is 0.0950. The first-order chi connectivity index (χ1) is 12.5. The summed E-state index contributed by atoms with van der Waals surface area (Å²) in [4.78, 5) is 12.2. The van der Waals surface area contributed by atoms with Crippen LogP contribution in [0.2, 0.25) is 10.0 Å². The smallest absolute Gasteiger partial charge is 0.293 e. The van der Waals surface area contributed by atoms with Crippen LogP contribution in [-0.4, -0.2) is 11.0 Å². The number of benzene rings is 2. The molecule has 0 aliphatic rings. The van der Waals surface area contributed by atoms with E-state index < -0.39 is 5.91 Å². The molecule has 0 saturated heterocycles. The van der Waals surface area contributed by atoms with Gasteiger partial charge in [0.2, 0.25) is 0 Å². The van der Waals surface area contributed by atoms with Crippen molar-refractivity contribution >= 4 is 52.1 Å². The van der Waals surface area contributed by atoms with Crippen LogP contribution in [-0.2, 0) is 0 Å². The lowest BCUT2D eigenvalue weighted by Crippen LogP contribution is -2.41. The van der Waals surface area contributed by atoms with E-state index in [0.29, 0.717) is 21.4 Å². The Morgan fingerprint density at radius 2 is 1.77 bits per heavy atom. The molecule has 3 aromatic rings.